The summed E-state index contributed by atoms with van der Waals surface area (Å²) in [6, 6.07) is 48.2. The highest BCUT2D eigenvalue weighted by Crippen LogP contribution is 2.44. The monoisotopic (exact) mass is 586 g/mol. The molecule has 216 valence electrons. The van der Waals surface area contributed by atoms with E-state index in [9.17, 15) is 0 Å². The van der Waals surface area contributed by atoms with E-state index in [1.165, 1.54) is 49.2 Å². The molecule has 2 heteroatoms. The molecule has 2 aromatic heterocycles. The molecular formula is C44H30N2. The normalized spacial score (nSPS) is 12.0. The molecular weight excluding hydrogens is 556 g/mol. The van der Waals surface area contributed by atoms with Crippen LogP contribution in [0, 0.1) is 6.92 Å². The number of fused-ring (bicyclic) bond motifs is 9. The molecule has 0 saturated carbocycles. The van der Waals surface area contributed by atoms with E-state index < -0.39 is 0 Å². The van der Waals surface area contributed by atoms with Gasteiger partial charge in [-0.3, -0.25) is 0 Å². The van der Waals surface area contributed by atoms with Crippen molar-refractivity contribution < 1.29 is 0 Å². The molecule has 9 aromatic rings. The van der Waals surface area contributed by atoms with Gasteiger partial charge in [-0.25, -0.2) is 9.97 Å². The van der Waals surface area contributed by atoms with Crippen LogP contribution in [-0.2, 0) is 0 Å². The highest BCUT2D eigenvalue weighted by molar-refractivity contribution is 6.27. The minimum Gasteiger partial charge on any atom is -0.247 e. The summed E-state index contributed by atoms with van der Waals surface area (Å²) in [5.41, 5.74) is 10.0. The molecule has 7 aromatic carbocycles. The van der Waals surface area contributed by atoms with Crippen LogP contribution in [0.5, 0.6) is 0 Å². The van der Waals surface area contributed by atoms with E-state index >= 15 is 0 Å². The lowest BCUT2D eigenvalue weighted by Gasteiger charge is -2.18. The second-order valence-electron chi connectivity index (χ2n) is 12.2. The Labute approximate surface area is 267 Å². The average Bonchev–Trinajstić information content (AvgIpc) is 3.10. The van der Waals surface area contributed by atoms with E-state index in [0.717, 1.165) is 49.4 Å². The predicted molar refractivity (Wildman–Crippen MR) is 197 cm³/mol. The Morgan fingerprint density at radius 3 is 1.98 bits per heavy atom. The number of hydrogen-bond donors (Lipinski definition) is 0. The third-order valence-corrected chi connectivity index (χ3v) is 9.39. The van der Waals surface area contributed by atoms with Gasteiger partial charge >= 0.3 is 0 Å². The van der Waals surface area contributed by atoms with E-state index in [2.05, 4.69) is 159 Å². The molecule has 0 amide bonds. The number of aromatic nitrogens is 2. The number of benzene rings is 7. The van der Waals surface area contributed by atoms with Crippen molar-refractivity contribution in [3.8, 4) is 22.4 Å². The second-order valence-corrected chi connectivity index (χ2v) is 12.2. The summed E-state index contributed by atoms with van der Waals surface area (Å²) in [6.45, 7) is 4.26. The summed E-state index contributed by atoms with van der Waals surface area (Å²) in [5, 5.41) is 10.7. The lowest BCUT2D eigenvalue weighted by Crippen LogP contribution is -1.95. The SMILES string of the molecule is C/C=C\c1cc2nc(-c3ccccc3)c3cc(-c4cc5cc6ccccc6nc5c5ccccc45)c4ccccc4c3c2cc1C. The summed E-state index contributed by atoms with van der Waals surface area (Å²) < 4.78 is 0. The molecule has 0 atom stereocenters. The molecule has 2 nitrogen and oxygen atoms in total. The number of hydrogen-bond acceptors (Lipinski definition) is 2. The number of rotatable bonds is 3. The first kappa shape index (κ1) is 26.5. The maximum atomic E-state index is 5.40. The van der Waals surface area contributed by atoms with E-state index in [0.29, 0.717) is 0 Å². The van der Waals surface area contributed by atoms with Gasteiger partial charge in [-0.2, -0.15) is 0 Å². The van der Waals surface area contributed by atoms with Crippen LogP contribution >= 0.6 is 0 Å². The van der Waals surface area contributed by atoms with Gasteiger partial charge in [-0.1, -0.05) is 109 Å². The molecule has 0 radical (unpaired) electrons. The fourth-order valence-corrected chi connectivity index (χ4v) is 7.27. The molecule has 0 spiro atoms. The van der Waals surface area contributed by atoms with Gasteiger partial charge in [-0.15, -0.1) is 0 Å². The quantitative estimate of drug-likeness (QED) is 0.152. The Morgan fingerprint density at radius 2 is 1.17 bits per heavy atom. The molecule has 0 fully saturated rings. The van der Waals surface area contributed by atoms with E-state index in [-0.39, 0.29) is 0 Å². The molecule has 0 N–H and O–H groups in total. The molecule has 2 heterocycles. The predicted octanol–water partition coefficient (Wildman–Crippen LogP) is 12.1. The summed E-state index contributed by atoms with van der Waals surface area (Å²) in [6.07, 6.45) is 4.27. The van der Waals surface area contributed by atoms with Crippen LogP contribution in [0.25, 0.3) is 93.5 Å². The first-order valence-electron chi connectivity index (χ1n) is 15.9. The Balaban J connectivity index is 1.47. The molecule has 0 aliphatic heterocycles. The molecule has 0 aliphatic rings. The fraction of sp³-hybridized carbons (Fsp3) is 0.0455. The summed E-state index contributed by atoms with van der Waals surface area (Å²) in [7, 11) is 0. The van der Waals surface area contributed by atoms with Crippen molar-refractivity contribution in [3.63, 3.8) is 0 Å². The largest absolute Gasteiger partial charge is 0.247 e. The molecule has 46 heavy (non-hydrogen) atoms. The summed E-state index contributed by atoms with van der Waals surface area (Å²) >= 11 is 0. The number of nitrogens with zero attached hydrogens (tertiary/aromatic N) is 2. The molecule has 0 aliphatic carbocycles. The van der Waals surface area contributed by atoms with Crippen LogP contribution in [0.4, 0.5) is 0 Å². The summed E-state index contributed by atoms with van der Waals surface area (Å²) in [5.74, 6) is 0. The number of allylic oxidation sites excluding steroid dienone is 1. The zero-order valence-electron chi connectivity index (χ0n) is 25.8. The lowest BCUT2D eigenvalue weighted by atomic mass is 9.87. The van der Waals surface area contributed by atoms with Crippen molar-refractivity contribution in [2.24, 2.45) is 0 Å². The molecule has 0 unspecified atom stereocenters. The van der Waals surface area contributed by atoms with Gasteiger partial charge in [0.05, 0.1) is 22.2 Å². The smallest absolute Gasteiger partial charge is 0.0788 e. The first-order chi connectivity index (χ1) is 22.7. The van der Waals surface area contributed by atoms with Gasteiger partial charge in [0.2, 0.25) is 0 Å². The zero-order valence-corrected chi connectivity index (χ0v) is 25.8. The van der Waals surface area contributed by atoms with Crippen molar-refractivity contribution in [2.45, 2.75) is 13.8 Å². The first-order valence-corrected chi connectivity index (χ1v) is 15.9. The Kier molecular flexibility index (Phi) is 5.97. The minimum absolute atomic E-state index is 1.00. The van der Waals surface area contributed by atoms with E-state index in [1.54, 1.807) is 0 Å². The van der Waals surface area contributed by atoms with Crippen LogP contribution < -0.4 is 0 Å². The van der Waals surface area contributed by atoms with Crippen molar-refractivity contribution in [2.75, 3.05) is 0 Å². The van der Waals surface area contributed by atoms with Crippen molar-refractivity contribution in [1.29, 1.82) is 0 Å². The van der Waals surface area contributed by atoms with Crippen LogP contribution in [0.15, 0.2) is 140 Å². The van der Waals surface area contributed by atoms with E-state index in [1.807, 2.05) is 0 Å². The topological polar surface area (TPSA) is 25.8 Å². The van der Waals surface area contributed by atoms with Crippen molar-refractivity contribution in [1.82, 2.24) is 9.97 Å². The molecule has 0 bridgehead atoms. The van der Waals surface area contributed by atoms with Gasteiger partial charge in [0.25, 0.3) is 0 Å². The third kappa shape index (κ3) is 4.04. The number of para-hydroxylation sites is 1. The molecule has 0 saturated heterocycles. The van der Waals surface area contributed by atoms with Gasteiger partial charge < -0.3 is 0 Å². The van der Waals surface area contributed by atoms with Gasteiger partial charge in [0.15, 0.2) is 0 Å². The van der Waals surface area contributed by atoms with Gasteiger partial charge in [0.1, 0.15) is 0 Å². The Hall–Kier alpha value is -5.86. The fourth-order valence-electron chi connectivity index (χ4n) is 7.27. The Bertz CT molecular complexity index is 2700. The van der Waals surface area contributed by atoms with Crippen LogP contribution in [0.3, 0.4) is 0 Å². The highest BCUT2D eigenvalue weighted by atomic mass is 14.7. The summed E-state index contributed by atoms with van der Waals surface area (Å²) in [4.78, 5) is 10.6. The van der Waals surface area contributed by atoms with Crippen LogP contribution in [-0.4, -0.2) is 9.97 Å². The van der Waals surface area contributed by atoms with Crippen molar-refractivity contribution in [3.05, 3.63) is 151 Å². The minimum atomic E-state index is 1.00. The lowest BCUT2D eigenvalue weighted by molar-refractivity contribution is 1.40. The molecule has 9 rings (SSSR count). The zero-order chi connectivity index (χ0) is 30.8. The van der Waals surface area contributed by atoms with Gasteiger partial charge in [-0.05, 0) is 88.7 Å². The van der Waals surface area contributed by atoms with Crippen LogP contribution in [0.1, 0.15) is 18.1 Å². The van der Waals surface area contributed by atoms with Gasteiger partial charge in [0, 0.05) is 37.9 Å². The average molecular weight is 587 g/mol. The Morgan fingerprint density at radius 1 is 0.500 bits per heavy atom. The van der Waals surface area contributed by atoms with Crippen LogP contribution in [0.2, 0.25) is 0 Å². The highest BCUT2D eigenvalue weighted by Gasteiger charge is 2.19. The third-order valence-electron chi connectivity index (χ3n) is 9.39. The van der Waals surface area contributed by atoms with Crippen molar-refractivity contribution >= 4 is 71.1 Å². The maximum Gasteiger partial charge on any atom is 0.0788 e. The number of pyridine rings is 2. The number of aryl methyl sites for hydroxylation is 1. The standard InChI is InChI=1S/C44H30N2/c1-3-13-29-25-41-38(22-27(29)2)42-34-19-10-8-17-32(34)37(26-39(42)43(46-41)28-14-5-4-6-15-28)36-24-31-23-30-16-7-12-21-40(30)45-44(31)35-20-11-9-18-33(35)36/h3-26H,1-2H3/b13-3-. The second kappa shape index (κ2) is 10.4. The van der Waals surface area contributed by atoms with E-state index in [4.69, 9.17) is 9.97 Å². The maximum absolute atomic E-state index is 5.40.